The largest absolute Gasteiger partial charge is 0.372 e. The monoisotopic (exact) mass is 372 g/mol. The molecule has 7 nitrogen and oxygen atoms in total. The van der Waals surface area contributed by atoms with Crippen molar-refractivity contribution in [2.75, 3.05) is 12.4 Å². The maximum atomic E-state index is 12.4. The fourth-order valence-electron chi connectivity index (χ4n) is 2.95. The molecule has 0 amide bonds. The normalized spacial score (nSPS) is 16.3. The Kier molecular flexibility index (Phi) is 4.69. The molecule has 0 unspecified atom stereocenters. The highest BCUT2D eigenvalue weighted by atomic mass is 32.2. The van der Waals surface area contributed by atoms with Crippen molar-refractivity contribution in [2.45, 2.75) is 30.6 Å². The standard InChI is InChI=1S/C18H20N4O3S/c1-21-15-14(16(23)20-17(21)24)22(18(19-15)26-11-13-10-25-13)9-5-8-12-6-3-2-4-7-12/h2-4,6-7,13H,5,8-11H2,1H3,(H,20,23,24)/t13-/m1/s1. The fourth-order valence-corrected chi connectivity index (χ4v) is 3.97. The van der Waals surface area contributed by atoms with Crippen LogP contribution in [0.25, 0.3) is 11.2 Å². The lowest BCUT2D eigenvalue weighted by atomic mass is 10.1. The van der Waals surface area contributed by atoms with Crippen molar-refractivity contribution in [1.82, 2.24) is 19.1 Å². The molecular formula is C18H20N4O3S. The number of aryl methyl sites for hydroxylation is 3. The highest BCUT2D eigenvalue weighted by Gasteiger charge is 2.25. The van der Waals surface area contributed by atoms with E-state index in [1.54, 1.807) is 18.8 Å². The SMILES string of the molecule is Cn1c(=O)[nH]c(=O)c2c1nc(SC[C@H]1CO1)n2CCCc1ccccc1. The second-order valence-corrected chi connectivity index (χ2v) is 7.38. The second kappa shape index (κ2) is 7.13. The number of aromatic amines is 1. The minimum atomic E-state index is -0.446. The summed E-state index contributed by atoms with van der Waals surface area (Å²) in [6.45, 7) is 1.45. The van der Waals surface area contributed by atoms with E-state index >= 15 is 0 Å². The maximum absolute atomic E-state index is 12.4. The lowest BCUT2D eigenvalue weighted by Gasteiger charge is -2.08. The summed E-state index contributed by atoms with van der Waals surface area (Å²) in [6, 6.07) is 10.3. The number of hydrogen-bond acceptors (Lipinski definition) is 5. The van der Waals surface area contributed by atoms with Gasteiger partial charge in [-0.25, -0.2) is 9.78 Å². The molecule has 4 rings (SSSR count). The number of fused-ring (bicyclic) bond motifs is 1. The number of aromatic nitrogens is 4. The Bertz CT molecular complexity index is 1030. The molecule has 1 aliphatic rings. The molecule has 1 aromatic carbocycles. The van der Waals surface area contributed by atoms with E-state index < -0.39 is 5.69 Å². The highest BCUT2D eigenvalue weighted by Crippen LogP contribution is 2.26. The van der Waals surface area contributed by atoms with Gasteiger partial charge in [-0.05, 0) is 18.4 Å². The summed E-state index contributed by atoms with van der Waals surface area (Å²) in [7, 11) is 1.63. The lowest BCUT2D eigenvalue weighted by Crippen LogP contribution is -2.29. The van der Waals surface area contributed by atoms with Crippen LogP contribution in [0.1, 0.15) is 12.0 Å². The summed E-state index contributed by atoms with van der Waals surface area (Å²) in [5.74, 6) is 0.799. The molecule has 1 N–H and O–H groups in total. The van der Waals surface area contributed by atoms with Gasteiger partial charge in [-0.3, -0.25) is 14.3 Å². The van der Waals surface area contributed by atoms with Gasteiger partial charge in [0.2, 0.25) is 0 Å². The molecule has 1 saturated heterocycles. The van der Waals surface area contributed by atoms with E-state index in [-0.39, 0.29) is 11.7 Å². The Labute approximate surface area is 154 Å². The molecule has 8 heteroatoms. The molecule has 0 spiro atoms. The first-order valence-electron chi connectivity index (χ1n) is 8.61. The summed E-state index contributed by atoms with van der Waals surface area (Å²) in [6.07, 6.45) is 2.06. The average Bonchev–Trinajstić information content (AvgIpc) is 3.40. The minimum absolute atomic E-state index is 0.264. The van der Waals surface area contributed by atoms with Crippen molar-refractivity contribution in [1.29, 1.82) is 0 Å². The van der Waals surface area contributed by atoms with Crippen molar-refractivity contribution in [3.05, 3.63) is 56.7 Å². The molecule has 136 valence electrons. The molecule has 1 aliphatic heterocycles. The smallest absolute Gasteiger partial charge is 0.329 e. The van der Waals surface area contributed by atoms with Crippen LogP contribution in [0.15, 0.2) is 45.1 Å². The van der Waals surface area contributed by atoms with Crippen LogP contribution in [0, 0.1) is 0 Å². The van der Waals surface area contributed by atoms with E-state index in [2.05, 4.69) is 22.1 Å². The van der Waals surface area contributed by atoms with Gasteiger partial charge >= 0.3 is 5.69 Å². The molecule has 2 aromatic heterocycles. The zero-order valence-electron chi connectivity index (χ0n) is 14.5. The molecule has 0 radical (unpaired) electrons. The molecule has 0 saturated carbocycles. The molecule has 0 bridgehead atoms. The Hall–Kier alpha value is -2.32. The Morgan fingerprint density at radius 2 is 2.08 bits per heavy atom. The molecule has 3 aromatic rings. The van der Waals surface area contributed by atoms with Crippen molar-refractivity contribution >= 4 is 22.9 Å². The zero-order valence-corrected chi connectivity index (χ0v) is 15.3. The average molecular weight is 372 g/mol. The Morgan fingerprint density at radius 3 is 2.81 bits per heavy atom. The van der Waals surface area contributed by atoms with Crippen LogP contribution in [-0.2, 0) is 24.8 Å². The van der Waals surface area contributed by atoms with Gasteiger partial charge in [0.1, 0.15) is 0 Å². The molecule has 3 heterocycles. The van der Waals surface area contributed by atoms with Crippen LogP contribution in [0.5, 0.6) is 0 Å². The number of H-pyrrole nitrogens is 1. The van der Waals surface area contributed by atoms with Crippen LogP contribution >= 0.6 is 11.8 Å². The third kappa shape index (κ3) is 3.47. The zero-order chi connectivity index (χ0) is 18.1. The number of thioether (sulfide) groups is 1. The number of hydrogen-bond donors (Lipinski definition) is 1. The van der Waals surface area contributed by atoms with E-state index in [0.29, 0.717) is 17.7 Å². The number of rotatable bonds is 7. The van der Waals surface area contributed by atoms with Crippen LogP contribution in [0.2, 0.25) is 0 Å². The molecule has 26 heavy (non-hydrogen) atoms. The predicted molar refractivity (Wildman–Crippen MR) is 101 cm³/mol. The summed E-state index contributed by atoms with van der Waals surface area (Å²) in [5, 5.41) is 0.760. The van der Waals surface area contributed by atoms with Gasteiger partial charge in [-0.15, -0.1) is 0 Å². The maximum Gasteiger partial charge on any atom is 0.329 e. The topological polar surface area (TPSA) is 85.2 Å². The predicted octanol–water partition coefficient (Wildman–Crippen LogP) is 1.55. The summed E-state index contributed by atoms with van der Waals surface area (Å²) in [4.78, 5) is 31.2. The van der Waals surface area contributed by atoms with Crippen molar-refractivity contribution in [3.8, 4) is 0 Å². The number of nitrogens with one attached hydrogen (secondary N) is 1. The van der Waals surface area contributed by atoms with Crippen LogP contribution in [0.3, 0.4) is 0 Å². The summed E-state index contributed by atoms with van der Waals surface area (Å²) >= 11 is 1.57. The Balaban J connectivity index is 1.65. The molecular weight excluding hydrogens is 352 g/mol. The van der Waals surface area contributed by atoms with E-state index in [9.17, 15) is 9.59 Å². The van der Waals surface area contributed by atoms with E-state index in [1.807, 2.05) is 22.8 Å². The Morgan fingerprint density at radius 1 is 1.31 bits per heavy atom. The molecule has 0 aliphatic carbocycles. The quantitative estimate of drug-likeness (QED) is 0.502. The number of benzene rings is 1. The van der Waals surface area contributed by atoms with Crippen LogP contribution in [-0.4, -0.2) is 37.6 Å². The first kappa shape index (κ1) is 17.1. The minimum Gasteiger partial charge on any atom is -0.372 e. The van der Waals surface area contributed by atoms with E-state index in [4.69, 9.17) is 4.74 Å². The number of ether oxygens (including phenoxy) is 1. The van der Waals surface area contributed by atoms with E-state index in [0.717, 1.165) is 30.4 Å². The van der Waals surface area contributed by atoms with Gasteiger partial charge in [0.15, 0.2) is 16.3 Å². The van der Waals surface area contributed by atoms with Gasteiger partial charge in [0, 0.05) is 19.3 Å². The highest BCUT2D eigenvalue weighted by molar-refractivity contribution is 7.99. The van der Waals surface area contributed by atoms with Gasteiger partial charge in [0.05, 0.1) is 12.7 Å². The second-order valence-electron chi connectivity index (χ2n) is 6.39. The summed E-state index contributed by atoms with van der Waals surface area (Å²) in [5.41, 5.74) is 1.32. The number of imidazole rings is 1. The lowest BCUT2D eigenvalue weighted by molar-refractivity contribution is 0.426. The fraction of sp³-hybridized carbons (Fsp3) is 0.389. The van der Waals surface area contributed by atoms with Crippen LogP contribution < -0.4 is 11.2 Å². The summed E-state index contributed by atoms with van der Waals surface area (Å²) < 4.78 is 8.59. The van der Waals surface area contributed by atoms with Crippen molar-refractivity contribution in [3.63, 3.8) is 0 Å². The first-order valence-corrected chi connectivity index (χ1v) is 9.60. The number of nitrogens with zero attached hydrogens (tertiary/aromatic N) is 3. The number of epoxide rings is 1. The third-order valence-corrected chi connectivity index (χ3v) is 5.57. The van der Waals surface area contributed by atoms with E-state index in [1.165, 1.54) is 10.1 Å². The third-order valence-electron chi connectivity index (χ3n) is 4.46. The van der Waals surface area contributed by atoms with Crippen molar-refractivity contribution in [2.24, 2.45) is 7.05 Å². The van der Waals surface area contributed by atoms with Gasteiger partial charge in [0.25, 0.3) is 5.56 Å². The first-order chi connectivity index (χ1) is 12.6. The van der Waals surface area contributed by atoms with Gasteiger partial charge in [-0.1, -0.05) is 42.1 Å². The molecule has 1 fully saturated rings. The van der Waals surface area contributed by atoms with Gasteiger partial charge < -0.3 is 9.30 Å². The molecule has 1 atom stereocenters. The van der Waals surface area contributed by atoms with Crippen LogP contribution in [0.4, 0.5) is 0 Å². The van der Waals surface area contributed by atoms with Gasteiger partial charge in [-0.2, -0.15) is 0 Å². The van der Waals surface area contributed by atoms with Crippen molar-refractivity contribution < 1.29 is 4.74 Å².